The standard InChI is InChI=1S/C46H56N8O6S2/c1-23(2)37(51(7)45(57)59-9)43(55)53-19-25(5)15-35(53)41-47-31-13-11-27(17-33(31)49-41)29-21-61-40-30(22-62-39(29)40)28-12-14-32-34(18-28)50-42(48-32)36-16-26(6)20-54(36)44(56)38(24(3)4)52(8)46(58)60-10/h11-14,17-18,21-26,35-38H,15-16,19-20H2,1-10H3,(H,47,49)(H,48,50)/t25-,26-,35-,36?,37-,38-/m0/s1. The van der Waals surface area contributed by atoms with Crippen molar-refractivity contribution in [1.29, 1.82) is 0 Å². The molecule has 2 fully saturated rings. The predicted octanol–water partition coefficient (Wildman–Crippen LogP) is 9.31. The van der Waals surface area contributed by atoms with E-state index in [-0.39, 0.29) is 47.6 Å². The zero-order valence-electron chi connectivity index (χ0n) is 37.0. The van der Waals surface area contributed by atoms with Gasteiger partial charge < -0.3 is 29.2 Å². The highest BCUT2D eigenvalue weighted by atomic mass is 32.1. The molecule has 6 atom stereocenters. The number of fused-ring (bicyclic) bond motifs is 3. The maximum atomic E-state index is 14.1. The van der Waals surface area contributed by atoms with Crippen LogP contribution in [0.3, 0.4) is 0 Å². The fourth-order valence-corrected chi connectivity index (χ4v) is 12.1. The summed E-state index contributed by atoms with van der Waals surface area (Å²) in [7, 11) is 5.90. The molecule has 2 saturated heterocycles. The maximum absolute atomic E-state index is 14.1. The van der Waals surface area contributed by atoms with Crippen LogP contribution in [-0.2, 0) is 19.1 Å². The van der Waals surface area contributed by atoms with Gasteiger partial charge in [0.2, 0.25) is 11.8 Å². The zero-order chi connectivity index (χ0) is 44.3. The number of aromatic nitrogens is 4. The largest absolute Gasteiger partial charge is 0.453 e. The first-order valence-electron chi connectivity index (χ1n) is 21.3. The third-order valence-electron chi connectivity index (χ3n) is 12.7. The normalized spacial score (nSPS) is 20.2. The van der Waals surface area contributed by atoms with Gasteiger partial charge >= 0.3 is 12.2 Å². The molecule has 2 N–H and O–H groups in total. The summed E-state index contributed by atoms with van der Waals surface area (Å²) < 4.78 is 12.3. The number of nitrogens with one attached hydrogen (secondary N) is 2. The Labute approximate surface area is 369 Å². The third-order valence-corrected chi connectivity index (χ3v) is 14.8. The number of H-pyrrole nitrogens is 2. The second-order valence-electron chi connectivity index (χ2n) is 17.9. The van der Waals surface area contributed by atoms with Gasteiger partial charge in [0.05, 0.1) is 57.8 Å². The minimum absolute atomic E-state index is 0.103. The lowest BCUT2D eigenvalue weighted by molar-refractivity contribution is -0.139. The Kier molecular flexibility index (Phi) is 11.8. The number of aromatic amines is 2. The molecule has 62 heavy (non-hydrogen) atoms. The topological polar surface area (TPSA) is 157 Å². The SMILES string of the molecule is COC(=O)N(C)[C@H](C(=O)N1C[C@@H](C)CC1c1nc2ccc(-c3csc4c(-c5ccc6nc([C@@H]7C[C@H](C)CN7C(=O)[C@H](C(C)C)N(C)C(=O)OC)[nH]c6c5)csc34)cc2[nH]1)C(C)C. The lowest BCUT2D eigenvalue weighted by atomic mass is 10.0. The molecular weight excluding hydrogens is 825 g/mol. The van der Waals surface area contributed by atoms with E-state index in [4.69, 9.17) is 19.4 Å². The Morgan fingerprint density at radius 2 is 1.06 bits per heavy atom. The van der Waals surface area contributed by atoms with E-state index in [9.17, 15) is 19.2 Å². The summed E-state index contributed by atoms with van der Waals surface area (Å²) >= 11 is 3.45. The minimum Gasteiger partial charge on any atom is -0.453 e. The van der Waals surface area contributed by atoms with Crippen molar-refractivity contribution < 1.29 is 28.7 Å². The van der Waals surface area contributed by atoms with Crippen molar-refractivity contribution in [3.05, 3.63) is 58.8 Å². The van der Waals surface area contributed by atoms with Crippen LogP contribution in [0.5, 0.6) is 0 Å². The first-order valence-corrected chi connectivity index (χ1v) is 23.1. The summed E-state index contributed by atoms with van der Waals surface area (Å²) in [6, 6.07) is 10.8. The van der Waals surface area contributed by atoms with Gasteiger partial charge in [0.25, 0.3) is 0 Å². The molecule has 2 aliphatic rings. The van der Waals surface area contributed by atoms with Crippen molar-refractivity contribution in [3.63, 3.8) is 0 Å². The summed E-state index contributed by atoms with van der Waals surface area (Å²) in [5, 5.41) is 4.43. The van der Waals surface area contributed by atoms with Gasteiger partial charge in [0, 0.05) is 49.1 Å². The number of ether oxygens (including phenoxy) is 2. The van der Waals surface area contributed by atoms with Gasteiger partial charge in [-0.25, -0.2) is 19.6 Å². The summed E-state index contributed by atoms with van der Waals surface area (Å²) in [5.41, 5.74) is 7.94. The number of carbonyl (C=O) groups excluding carboxylic acids is 4. The Morgan fingerprint density at radius 3 is 1.42 bits per heavy atom. The first-order chi connectivity index (χ1) is 29.6. The molecule has 4 amide bonds. The van der Waals surface area contributed by atoms with E-state index < -0.39 is 24.3 Å². The number of hydrogen-bond acceptors (Lipinski definition) is 10. The minimum atomic E-state index is -0.655. The van der Waals surface area contributed by atoms with Crippen LogP contribution in [0.15, 0.2) is 47.2 Å². The lowest BCUT2D eigenvalue weighted by Crippen LogP contribution is -2.52. The number of benzene rings is 2. The number of rotatable bonds is 10. The van der Waals surface area contributed by atoms with Gasteiger partial charge in [-0.15, -0.1) is 22.7 Å². The molecule has 328 valence electrons. The van der Waals surface area contributed by atoms with Crippen LogP contribution in [-0.4, -0.2) is 117 Å². The van der Waals surface area contributed by atoms with Crippen LogP contribution >= 0.6 is 22.7 Å². The smallest absolute Gasteiger partial charge is 0.409 e. The van der Waals surface area contributed by atoms with Crippen molar-refractivity contribution in [2.75, 3.05) is 41.4 Å². The Bertz CT molecular complexity index is 2480. The predicted molar refractivity (Wildman–Crippen MR) is 244 cm³/mol. The molecule has 6 heterocycles. The number of imidazole rings is 2. The molecule has 16 heteroatoms. The van der Waals surface area contributed by atoms with E-state index >= 15 is 0 Å². The van der Waals surface area contributed by atoms with Crippen LogP contribution in [0, 0.1) is 23.7 Å². The molecule has 0 aliphatic carbocycles. The number of hydrogen-bond donors (Lipinski definition) is 2. The summed E-state index contributed by atoms with van der Waals surface area (Å²) in [6.45, 7) is 13.2. The highest BCUT2D eigenvalue weighted by Crippen LogP contribution is 2.45. The van der Waals surface area contributed by atoms with Gasteiger partial charge in [-0.2, -0.15) is 0 Å². The molecule has 4 aromatic heterocycles. The number of carbonyl (C=O) groups is 4. The Hall–Kier alpha value is -5.48. The number of likely N-dealkylation sites (N-methyl/N-ethyl adjacent to an activating group) is 2. The van der Waals surface area contributed by atoms with Gasteiger partial charge in [0.1, 0.15) is 23.7 Å². The summed E-state index contributed by atoms with van der Waals surface area (Å²) in [4.78, 5) is 76.8. The van der Waals surface area contributed by atoms with Gasteiger partial charge in [0.15, 0.2) is 0 Å². The Morgan fingerprint density at radius 1 is 0.677 bits per heavy atom. The first kappa shape index (κ1) is 43.2. The molecule has 6 aromatic rings. The number of nitrogens with zero attached hydrogens (tertiary/aromatic N) is 6. The molecular formula is C46H56N8O6S2. The van der Waals surface area contributed by atoms with Crippen LogP contribution in [0.1, 0.15) is 78.1 Å². The average molecular weight is 881 g/mol. The Balaban J connectivity index is 1.04. The number of amides is 4. The molecule has 2 aliphatic heterocycles. The molecule has 2 aromatic carbocycles. The average Bonchev–Trinajstić information content (AvgIpc) is 4.10. The van der Waals surface area contributed by atoms with E-state index in [0.717, 1.165) is 68.8 Å². The van der Waals surface area contributed by atoms with Crippen LogP contribution in [0.25, 0.3) is 53.7 Å². The molecule has 8 rings (SSSR count). The van der Waals surface area contributed by atoms with E-state index in [1.807, 2.05) is 49.6 Å². The monoisotopic (exact) mass is 880 g/mol. The van der Waals surface area contributed by atoms with Gasteiger partial charge in [-0.05, 0) is 71.9 Å². The van der Waals surface area contributed by atoms with Crippen LogP contribution < -0.4 is 0 Å². The van der Waals surface area contributed by atoms with Gasteiger partial charge in [-0.3, -0.25) is 19.4 Å². The van der Waals surface area contributed by atoms with Crippen molar-refractivity contribution >= 4 is 78.1 Å². The van der Waals surface area contributed by atoms with E-state index in [1.165, 1.54) is 33.4 Å². The number of likely N-dealkylation sites (tertiary alicyclic amines) is 2. The zero-order valence-corrected chi connectivity index (χ0v) is 38.6. The highest BCUT2D eigenvalue weighted by molar-refractivity contribution is 7.27. The third kappa shape index (κ3) is 7.69. The second-order valence-corrected chi connectivity index (χ2v) is 19.7. The quantitative estimate of drug-likeness (QED) is 0.138. The number of methoxy groups -OCH3 is 2. The fourth-order valence-electron chi connectivity index (χ4n) is 9.68. The summed E-state index contributed by atoms with van der Waals surface area (Å²) in [5.74, 6) is 1.62. The van der Waals surface area contributed by atoms with Crippen molar-refractivity contribution in [3.8, 4) is 22.3 Å². The lowest BCUT2D eigenvalue weighted by Gasteiger charge is -2.34. The molecule has 0 bridgehead atoms. The molecule has 0 saturated carbocycles. The van der Waals surface area contributed by atoms with E-state index in [0.29, 0.717) is 13.1 Å². The highest BCUT2D eigenvalue weighted by Gasteiger charge is 2.43. The van der Waals surface area contributed by atoms with Crippen molar-refractivity contribution in [2.45, 2.75) is 78.6 Å². The maximum Gasteiger partial charge on any atom is 0.409 e. The van der Waals surface area contributed by atoms with E-state index in [1.54, 1.807) is 36.8 Å². The molecule has 14 nitrogen and oxygen atoms in total. The second kappa shape index (κ2) is 17.0. The molecule has 0 radical (unpaired) electrons. The number of thiophene rings is 2. The fraction of sp³-hybridized carbons (Fsp3) is 0.478. The molecule has 1 unspecified atom stereocenters. The van der Waals surface area contributed by atoms with E-state index in [2.05, 4.69) is 58.8 Å². The van der Waals surface area contributed by atoms with Crippen LogP contribution in [0.2, 0.25) is 0 Å². The van der Waals surface area contributed by atoms with Crippen molar-refractivity contribution in [2.24, 2.45) is 23.7 Å². The molecule has 0 spiro atoms. The van der Waals surface area contributed by atoms with Crippen LogP contribution in [0.4, 0.5) is 9.59 Å². The van der Waals surface area contributed by atoms with Gasteiger partial charge in [-0.1, -0.05) is 53.7 Å². The summed E-state index contributed by atoms with van der Waals surface area (Å²) in [6.07, 6.45) is 0.469. The van der Waals surface area contributed by atoms with Crippen molar-refractivity contribution in [1.82, 2.24) is 39.5 Å².